The third-order valence-electron chi connectivity index (χ3n) is 1.58. The molecule has 0 aliphatic heterocycles. The van der Waals surface area contributed by atoms with Crippen LogP contribution >= 0.6 is 15.9 Å². The van der Waals surface area contributed by atoms with Gasteiger partial charge in [-0.05, 0) is 6.07 Å². The van der Waals surface area contributed by atoms with E-state index >= 15 is 0 Å². The van der Waals surface area contributed by atoms with E-state index in [1.807, 2.05) is 0 Å². The highest BCUT2D eigenvalue weighted by molar-refractivity contribution is 9.09. The number of hydrogen-bond acceptors (Lipinski definition) is 4. The van der Waals surface area contributed by atoms with E-state index in [0.29, 0.717) is 0 Å². The standard InChI is InChI=1S/C7H5BrN2O4/c8-7(10(13)14)5-3-1-2-4-6(5)9(11)12/h1-4,7H. The second kappa shape index (κ2) is 4.14. The summed E-state index contributed by atoms with van der Waals surface area (Å²) < 4.78 is 0. The molecule has 0 N–H and O–H groups in total. The molecule has 0 aliphatic carbocycles. The maximum absolute atomic E-state index is 10.5. The molecule has 14 heavy (non-hydrogen) atoms. The predicted octanol–water partition coefficient (Wildman–Crippen LogP) is 2.27. The van der Waals surface area contributed by atoms with Gasteiger partial charge in [-0.15, -0.1) is 0 Å². The number of alkyl halides is 1. The van der Waals surface area contributed by atoms with Crippen LogP contribution in [0.15, 0.2) is 24.3 Å². The lowest BCUT2D eigenvalue weighted by Crippen LogP contribution is -2.05. The van der Waals surface area contributed by atoms with Crippen molar-refractivity contribution < 1.29 is 9.85 Å². The number of hydrogen-bond donors (Lipinski definition) is 0. The highest BCUT2D eigenvalue weighted by atomic mass is 79.9. The Bertz CT molecular complexity index is 382. The van der Waals surface area contributed by atoms with Gasteiger partial charge >= 0.3 is 0 Å². The van der Waals surface area contributed by atoms with Crippen LogP contribution in [0.4, 0.5) is 5.69 Å². The molecule has 0 aromatic heterocycles. The second-order valence-electron chi connectivity index (χ2n) is 2.44. The van der Waals surface area contributed by atoms with Crippen molar-refractivity contribution in [2.75, 3.05) is 0 Å². The van der Waals surface area contributed by atoms with E-state index in [1.165, 1.54) is 24.3 Å². The van der Waals surface area contributed by atoms with Crippen molar-refractivity contribution >= 4 is 21.6 Å². The zero-order chi connectivity index (χ0) is 10.7. The van der Waals surface area contributed by atoms with Gasteiger partial charge in [0.15, 0.2) is 0 Å². The van der Waals surface area contributed by atoms with E-state index in [4.69, 9.17) is 0 Å². The minimum atomic E-state index is -1.25. The summed E-state index contributed by atoms with van der Waals surface area (Å²) in [5.41, 5.74) is -0.214. The Balaban J connectivity index is 3.19. The number of nitro benzene ring substituents is 1. The zero-order valence-corrected chi connectivity index (χ0v) is 8.38. The number of rotatable bonds is 3. The van der Waals surface area contributed by atoms with E-state index in [0.717, 1.165) is 0 Å². The Morgan fingerprint density at radius 2 is 1.79 bits per heavy atom. The van der Waals surface area contributed by atoms with Gasteiger partial charge in [-0.1, -0.05) is 12.1 Å². The van der Waals surface area contributed by atoms with Crippen LogP contribution in [0.2, 0.25) is 0 Å². The van der Waals surface area contributed by atoms with E-state index in [2.05, 4.69) is 15.9 Å². The van der Waals surface area contributed by atoms with Crippen molar-refractivity contribution in [1.29, 1.82) is 0 Å². The lowest BCUT2D eigenvalue weighted by molar-refractivity contribution is -0.499. The zero-order valence-electron chi connectivity index (χ0n) is 6.79. The van der Waals surface area contributed by atoms with Crippen molar-refractivity contribution in [2.45, 2.75) is 4.95 Å². The molecule has 0 spiro atoms. The first-order valence-electron chi connectivity index (χ1n) is 3.55. The summed E-state index contributed by atoms with van der Waals surface area (Å²) in [6.45, 7) is 0. The quantitative estimate of drug-likeness (QED) is 0.361. The van der Waals surface area contributed by atoms with Gasteiger partial charge in [0.05, 0.1) is 4.92 Å². The van der Waals surface area contributed by atoms with Crippen LogP contribution in [0.1, 0.15) is 10.5 Å². The SMILES string of the molecule is O=[N+]([O-])c1ccccc1C(Br)[N+](=O)[O-]. The van der Waals surface area contributed by atoms with Crippen LogP contribution in [0.5, 0.6) is 0 Å². The fraction of sp³-hybridized carbons (Fsp3) is 0.143. The van der Waals surface area contributed by atoms with Gasteiger partial charge in [-0.25, -0.2) is 0 Å². The molecular formula is C7H5BrN2O4. The summed E-state index contributed by atoms with van der Waals surface area (Å²) in [7, 11) is 0. The van der Waals surface area contributed by atoms with Crippen molar-refractivity contribution in [3.05, 3.63) is 50.1 Å². The Morgan fingerprint density at radius 1 is 1.21 bits per heavy atom. The molecule has 7 heteroatoms. The number of halogens is 1. The number of nitro groups is 2. The van der Waals surface area contributed by atoms with E-state index in [9.17, 15) is 20.2 Å². The number of para-hydroxylation sites is 1. The van der Waals surface area contributed by atoms with Crippen LogP contribution in [0, 0.1) is 20.2 Å². The molecule has 6 nitrogen and oxygen atoms in total. The summed E-state index contributed by atoms with van der Waals surface area (Å²) in [6.07, 6.45) is 0. The van der Waals surface area contributed by atoms with E-state index in [-0.39, 0.29) is 11.3 Å². The fourth-order valence-corrected chi connectivity index (χ4v) is 1.36. The van der Waals surface area contributed by atoms with E-state index < -0.39 is 14.8 Å². The first-order chi connectivity index (χ1) is 6.54. The second-order valence-corrected chi connectivity index (χ2v) is 3.30. The largest absolute Gasteiger partial charge is 0.297 e. The molecule has 0 heterocycles. The topological polar surface area (TPSA) is 86.3 Å². The maximum Gasteiger partial charge on any atom is 0.297 e. The molecule has 0 bridgehead atoms. The van der Waals surface area contributed by atoms with Crippen molar-refractivity contribution in [3.8, 4) is 0 Å². The molecule has 1 atom stereocenters. The van der Waals surface area contributed by atoms with Crippen LogP contribution in [-0.4, -0.2) is 9.85 Å². The van der Waals surface area contributed by atoms with Gasteiger partial charge in [0.1, 0.15) is 5.56 Å². The maximum atomic E-state index is 10.5. The highest BCUT2D eigenvalue weighted by Crippen LogP contribution is 2.30. The van der Waals surface area contributed by atoms with Gasteiger partial charge in [0.2, 0.25) is 0 Å². The molecule has 0 amide bonds. The van der Waals surface area contributed by atoms with E-state index in [1.54, 1.807) is 0 Å². The minimum absolute atomic E-state index is 0.0440. The molecule has 1 rings (SSSR count). The van der Waals surface area contributed by atoms with Gasteiger partial charge in [0.25, 0.3) is 10.6 Å². The molecule has 74 valence electrons. The fourth-order valence-electron chi connectivity index (χ4n) is 0.969. The smallest absolute Gasteiger partial charge is 0.263 e. The van der Waals surface area contributed by atoms with Crippen LogP contribution in [-0.2, 0) is 0 Å². The average molecular weight is 261 g/mol. The van der Waals surface area contributed by atoms with Gasteiger partial charge in [0, 0.05) is 26.9 Å². The van der Waals surface area contributed by atoms with Crippen LogP contribution < -0.4 is 0 Å². The Kier molecular flexibility index (Phi) is 3.13. The Labute approximate surface area is 87.0 Å². The summed E-state index contributed by atoms with van der Waals surface area (Å²) in [5, 5.41) is 20.9. The van der Waals surface area contributed by atoms with Crippen molar-refractivity contribution in [2.24, 2.45) is 0 Å². The third kappa shape index (κ3) is 2.05. The monoisotopic (exact) mass is 260 g/mol. The van der Waals surface area contributed by atoms with Crippen LogP contribution in [0.25, 0.3) is 0 Å². The molecule has 0 aliphatic rings. The Morgan fingerprint density at radius 3 is 2.29 bits per heavy atom. The lowest BCUT2D eigenvalue weighted by Gasteiger charge is -2.02. The molecule has 1 unspecified atom stereocenters. The van der Waals surface area contributed by atoms with Gasteiger partial charge in [-0.2, -0.15) is 0 Å². The molecule has 0 saturated carbocycles. The molecule has 1 aromatic carbocycles. The van der Waals surface area contributed by atoms with Gasteiger partial charge in [-0.3, -0.25) is 20.2 Å². The minimum Gasteiger partial charge on any atom is -0.263 e. The molecule has 0 radical (unpaired) electrons. The number of benzene rings is 1. The highest BCUT2D eigenvalue weighted by Gasteiger charge is 2.27. The van der Waals surface area contributed by atoms with Crippen molar-refractivity contribution in [1.82, 2.24) is 0 Å². The molecular weight excluding hydrogens is 256 g/mol. The summed E-state index contributed by atoms with van der Waals surface area (Å²) in [5.74, 6) is 0. The summed E-state index contributed by atoms with van der Waals surface area (Å²) in [6, 6.07) is 5.55. The first kappa shape index (κ1) is 10.6. The molecule has 1 aromatic rings. The third-order valence-corrected chi connectivity index (χ3v) is 2.40. The number of nitrogens with zero attached hydrogens (tertiary/aromatic N) is 2. The molecule has 0 saturated heterocycles. The lowest BCUT2D eigenvalue weighted by atomic mass is 10.2. The van der Waals surface area contributed by atoms with Crippen molar-refractivity contribution in [3.63, 3.8) is 0 Å². The normalized spacial score (nSPS) is 12.1. The predicted molar refractivity (Wildman–Crippen MR) is 51.8 cm³/mol. The Hall–Kier alpha value is -1.50. The average Bonchev–Trinajstić information content (AvgIpc) is 2.16. The first-order valence-corrected chi connectivity index (χ1v) is 4.46. The summed E-state index contributed by atoms with van der Waals surface area (Å²) >= 11 is 2.77. The molecule has 0 fully saturated rings. The van der Waals surface area contributed by atoms with Gasteiger partial charge < -0.3 is 0 Å². The summed E-state index contributed by atoms with van der Waals surface area (Å²) in [4.78, 5) is 18.4. The van der Waals surface area contributed by atoms with Crippen LogP contribution in [0.3, 0.4) is 0 Å².